The molecule has 0 aliphatic carbocycles. The van der Waals surface area contributed by atoms with Crippen molar-refractivity contribution in [1.29, 1.82) is 0 Å². The first-order chi connectivity index (χ1) is 9.56. The Bertz CT molecular complexity index is 566. The van der Waals surface area contributed by atoms with Gasteiger partial charge in [-0.15, -0.1) is 0 Å². The zero-order chi connectivity index (χ0) is 14.5. The van der Waals surface area contributed by atoms with Gasteiger partial charge in [-0.3, -0.25) is 4.68 Å². The van der Waals surface area contributed by atoms with E-state index in [0.29, 0.717) is 18.3 Å². The van der Waals surface area contributed by atoms with E-state index in [1.54, 1.807) is 6.07 Å². The van der Waals surface area contributed by atoms with E-state index in [9.17, 15) is 0 Å². The molecule has 0 saturated carbocycles. The van der Waals surface area contributed by atoms with Gasteiger partial charge in [0.1, 0.15) is 11.6 Å². The second-order valence-electron chi connectivity index (χ2n) is 5.04. The highest BCUT2D eigenvalue weighted by Gasteiger charge is 2.08. The van der Waals surface area contributed by atoms with Gasteiger partial charge in [0.2, 0.25) is 0 Å². The van der Waals surface area contributed by atoms with Crippen LogP contribution in [0.4, 0.5) is 5.82 Å². The molecule has 0 fully saturated rings. The Balaban J connectivity index is 1.87. The van der Waals surface area contributed by atoms with E-state index in [-0.39, 0.29) is 0 Å². The van der Waals surface area contributed by atoms with Gasteiger partial charge in [0.25, 0.3) is 0 Å². The number of halogens is 1. The highest BCUT2D eigenvalue weighted by molar-refractivity contribution is 9.10. The summed E-state index contributed by atoms with van der Waals surface area (Å²) in [7, 11) is 0. The molecule has 0 bridgehead atoms. The van der Waals surface area contributed by atoms with E-state index in [2.05, 4.69) is 40.9 Å². The van der Waals surface area contributed by atoms with Gasteiger partial charge in [-0.25, -0.2) is 0 Å². The molecule has 2 N–H and O–H groups in total. The van der Waals surface area contributed by atoms with Gasteiger partial charge in [-0.1, -0.05) is 29.8 Å². The fraction of sp³-hybridized carbons (Fsp3) is 0.400. The van der Waals surface area contributed by atoms with Crippen LogP contribution in [0.5, 0.6) is 5.75 Å². The Morgan fingerprint density at radius 2 is 2.15 bits per heavy atom. The normalized spacial score (nSPS) is 11.0. The first-order valence-corrected chi connectivity index (χ1v) is 7.56. The van der Waals surface area contributed by atoms with Gasteiger partial charge in [0.15, 0.2) is 0 Å². The van der Waals surface area contributed by atoms with Gasteiger partial charge in [0, 0.05) is 23.6 Å². The largest absolute Gasteiger partial charge is 0.493 e. The van der Waals surface area contributed by atoms with Crippen LogP contribution in [-0.2, 0) is 6.54 Å². The topological polar surface area (TPSA) is 53.1 Å². The van der Waals surface area contributed by atoms with Crippen LogP contribution in [0.1, 0.15) is 31.7 Å². The van der Waals surface area contributed by atoms with Gasteiger partial charge in [0.05, 0.1) is 6.61 Å². The second kappa shape index (κ2) is 6.79. The molecular weight excluding hydrogens is 318 g/mol. The summed E-state index contributed by atoms with van der Waals surface area (Å²) in [6, 6.07) is 7.95. The third kappa shape index (κ3) is 4.00. The van der Waals surface area contributed by atoms with Crippen LogP contribution in [0.15, 0.2) is 34.9 Å². The van der Waals surface area contributed by atoms with Crippen molar-refractivity contribution >= 4 is 21.7 Å². The summed E-state index contributed by atoms with van der Waals surface area (Å²) in [6.45, 7) is 5.81. The van der Waals surface area contributed by atoms with Crippen molar-refractivity contribution in [3.05, 3.63) is 40.5 Å². The molecule has 0 spiro atoms. The molecule has 0 unspecified atom stereocenters. The number of anilines is 1. The first kappa shape index (κ1) is 14.9. The van der Waals surface area contributed by atoms with Crippen molar-refractivity contribution in [2.24, 2.45) is 0 Å². The minimum Gasteiger partial charge on any atom is -0.493 e. The second-order valence-corrected chi connectivity index (χ2v) is 5.96. The molecule has 108 valence electrons. The van der Waals surface area contributed by atoms with Crippen LogP contribution in [0.2, 0.25) is 0 Å². The molecule has 2 aromatic rings. The molecule has 0 aliphatic rings. The van der Waals surface area contributed by atoms with E-state index in [1.165, 1.54) is 5.56 Å². The number of aromatic nitrogens is 2. The number of nitrogens with two attached hydrogens (primary N) is 1. The summed E-state index contributed by atoms with van der Waals surface area (Å²) in [6.07, 6.45) is 2.78. The number of rotatable bonds is 6. The molecule has 1 aromatic carbocycles. The maximum Gasteiger partial charge on any atom is 0.145 e. The molecule has 0 saturated heterocycles. The Morgan fingerprint density at radius 3 is 2.80 bits per heavy atom. The number of ether oxygens (including phenoxy) is 1. The van der Waals surface area contributed by atoms with Crippen molar-refractivity contribution in [2.45, 2.75) is 32.7 Å². The predicted molar refractivity (Wildman–Crippen MR) is 85.0 cm³/mol. The summed E-state index contributed by atoms with van der Waals surface area (Å²) in [5.74, 6) is 1.96. The highest BCUT2D eigenvalue weighted by atomic mass is 79.9. The quantitative estimate of drug-likeness (QED) is 0.815. The van der Waals surface area contributed by atoms with Crippen LogP contribution in [0.25, 0.3) is 0 Å². The molecule has 20 heavy (non-hydrogen) atoms. The Labute approximate surface area is 128 Å². The van der Waals surface area contributed by atoms with Gasteiger partial charge >= 0.3 is 0 Å². The van der Waals surface area contributed by atoms with E-state index in [0.717, 1.165) is 23.2 Å². The Hall–Kier alpha value is -1.49. The lowest BCUT2D eigenvalue weighted by molar-refractivity contribution is 0.295. The molecule has 0 atom stereocenters. The van der Waals surface area contributed by atoms with Crippen LogP contribution in [0, 0.1) is 0 Å². The van der Waals surface area contributed by atoms with Crippen molar-refractivity contribution in [2.75, 3.05) is 12.3 Å². The minimum absolute atomic E-state index is 0.438. The summed E-state index contributed by atoms with van der Waals surface area (Å²) < 4.78 is 8.81. The van der Waals surface area contributed by atoms with Crippen molar-refractivity contribution < 1.29 is 4.74 Å². The lowest BCUT2D eigenvalue weighted by Crippen LogP contribution is -2.06. The van der Waals surface area contributed by atoms with Crippen LogP contribution in [-0.4, -0.2) is 16.4 Å². The highest BCUT2D eigenvalue weighted by Crippen LogP contribution is 2.29. The zero-order valence-corrected chi connectivity index (χ0v) is 13.4. The van der Waals surface area contributed by atoms with E-state index < -0.39 is 0 Å². The predicted octanol–water partition coefficient (Wildman–Crippen LogP) is 3.82. The third-order valence-electron chi connectivity index (χ3n) is 3.04. The monoisotopic (exact) mass is 337 g/mol. The first-order valence-electron chi connectivity index (χ1n) is 6.77. The van der Waals surface area contributed by atoms with Crippen molar-refractivity contribution in [1.82, 2.24) is 9.78 Å². The van der Waals surface area contributed by atoms with Gasteiger partial charge < -0.3 is 10.5 Å². The molecule has 2 rings (SSSR count). The fourth-order valence-corrected chi connectivity index (χ4v) is 2.39. The standard InChI is InChI=1S/C15H20BrN3O/c1-11(2)13-10-12(16)4-5-14(13)20-9-3-7-19-8-6-15(17)18-19/h4-6,8,10-11H,3,7,9H2,1-2H3,(H2,17,18). The zero-order valence-electron chi connectivity index (χ0n) is 11.8. The number of benzene rings is 1. The van der Waals surface area contributed by atoms with E-state index in [1.807, 2.05) is 23.0 Å². The SMILES string of the molecule is CC(C)c1cc(Br)ccc1OCCCn1ccc(N)n1. The maximum atomic E-state index is 5.89. The van der Waals surface area contributed by atoms with Crippen LogP contribution >= 0.6 is 15.9 Å². The molecule has 0 radical (unpaired) electrons. The van der Waals surface area contributed by atoms with Crippen LogP contribution < -0.4 is 10.5 Å². The number of hydrogen-bond acceptors (Lipinski definition) is 3. The number of nitrogens with zero attached hydrogens (tertiary/aromatic N) is 2. The van der Waals surface area contributed by atoms with Crippen molar-refractivity contribution in [3.8, 4) is 5.75 Å². The molecule has 0 amide bonds. The van der Waals surface area contributed by atoms with Crippen LogP contribution in [0.3, 0.4) is 0 Å². The fourth-order valence-electron chi connectivity index (χ4n) is 2.01. The Kier molecular flexibility index (Phi) is 5.06. The average Bonchev–Trinajstić information content (AvgIpc) is 2.81. The lowest BCUT2D eigenvalue weighted by Gasteiger charge is -2.14. The van der Waals surface area contributed by atoms with Gasteiger partial charge in [-0.05, 0) is 35.7 Å². The smallest absolute Gasteiger partial charge is 0.145 e. The summed E-state index contributed by atoms with van der Waals surface area (Å²) in [5.41, 5.74) is 6.80. The third-order valence-corrected chi connectivity index (χ3v) is 3.54. The molecule has 1 aromatic heterocycles. The molecule has 5 heteroatoms. The summed E-state index contributed by atoms with van der Waals surface area (Å²) >= 11 is 3.50. The van der Waals surface area contributed by atoms with E-state index >= 15 is 0 Å². The number of aryl methyl sites for hydroxylation is 1. The number of nitrogen functional groups attached to an aromatic ring is 1. The minimum atomic E-state index is 0.438. The number of hydrogen-bond donors (Lipinski definition) is 1. The molecule has 0 aliphatic heterocycles. The van der Waals surface area contributed by atoms with Gasteiger partial charge in [-0.2, -0.15) is 5.10 Å². The lowest BCUT2D eigenvalue weighted by atomic mass is 10.0. The van der Waals surface area contributed by atoms with Crippen molar-refractivity contribution in [3.63, 3.8) is 0 Å². The van der Waals surface area contributed by atoms with E-state index in [4.69, 9.17) is 10.5 Å². The Morgan fingerprint density at radius 1 is 1.35 bits per heavy atom. The molecular formula is C15H20BrN3O. The summed E-state index contributed by atoms with van der Waals surface area (Å²) in [4.78, 5) is 0. The maximum absolute atomic E-state index is 5.89. The average molecular weight is 338 g/mol. The molecule has 4 nitrogen and oxygen atoms in total. The summed E-state index contributed by atoms with van der Waals surface area (Å²) in [5, 5.41) is 4.15. The molecule has 1 heterocycles.